The first-order chi connectivity index (χ1) is 6.60. The van der Waals surface area contributed by atoms with Gasteiger partial charge in [-0.2, -0.15) is 0 Å². The minimum atomic E-state index is -0.115. The number of hydrogen-bond donors (Lipinski definition) is 2. The maximum atomic E-state index is 9.41. The van der Waals surface area contributed by atoms with Gasteiger partial charge in [-0.25, -0.2) is 0 Å². The Morgan fingerprint density at radius 1 is 1.57 bits per heavy atom. The number of thiocarbonyl (C=S) groups is 1. The molecule has 3 nitrogen and oxygen atoms in total. The Bertz CT molecular complexity index is 240. The van der Waals surface area contributed by atoms with E-state index in [1.807, 2.05) is 0 Å². The van der Waals surface area contributed by atoms with Crippen LogP contribution in [-0.2, 0) is 0 Å². The standard InChI is InChI=1S/C10H18N2OS/c11-9(14)5-10(2-3-10)7-12-4-1-8(13)6-12/h8,13H,1-7H2,(H2,11,14). The van der Waals surface area contributed by atoms with Crippen molar-refractivity contribution in [2.75, 3.05) is 19.6 Å². The van der Waals surface area contributed by atoms with Gasteiger partial charge in [0.05, 0.1) is 11.1 Å². The van der Waals surface area contributed by atoms with Gasteiger partial charge in [0.1, 0.15) is 0 Å². The van der Waals surface area contributed by atoms with E-state index in [1.165, 1.54) is 12.8 Å². The Morgan fingerprint density at radius 3 is 2.71 bits per heavy atom. The highest BCUT2D eigenvalue weighted by Gasteiger charge is 2.44. The van der Waals surface area contributed by atoms with E-state index < -0.39 is 0 Å². The van der Waals surface area contributed by atoms with Crippen molar-refractivity contribution in [3.05, 3.63) is 0 Å². The van der Waals surface area contributed by atoms with Crippen molar-refractivity contribution in [3.8, 4) is 0 Å². The molecule has 0 amide bonds. The van der Waals surface area contributed by atoms with E-state index in [-0.39, 0.29) is 6.10 Å². The van der Waals surface area contributed by atoms with Crippen LogP contribution in [0, 0.1) is 5.41 Å². The van der Waals surface area contributed by atoms with Gasteiger partial charge in [0.25, 0.3) is 0 Å². The highest BCUT2D eigenvalue weighted by atomic mass is 32.1. The fourth-order valence-corrected chi connectivity index (χ4v) is 2.67. The number of aliphatic hydroxyl groups is 1. The maximum absolute atomic E-state index is 9.41. The highest BCUT2D eigenvalue weighted by molar-refractivity contribution is 7.80. The van der Waals surface area contributed by atoms with Gasteiger partial charge in [0.15, 0.2) is 0 Å². The van der Waals surface area contributed by atoms with E-state index >= 15 is 0 Å². The summed E-state index contributed by atoms with van der Waals surface area (Å²) in [5, 5.41) is 9.41. The summed E-state index contributed by atoms with van der Waals surface area (Å²) in [5.41, 5.74) is 5.95. The fraction of sp³-hybridized carbons (Fsp3) is 0.900. The molecule has 1 saturated carbocycles. The second-order valence-corrected chi connectivity index (χ2v) is 5.35. The predicted octanol–water partition coefficient (Wildman–Crippen LogP) is 0.509. The summed E-state index contributed by atoms with van der Waals surface area (Å²) in [6.07, 6.45) is 4.18. The van der Waals surface area contributed by atoms with Crippen LogP contribution in [0.15, 0.2) is 0 Å². The third-order valence-electron chi connectivity index (χ3n) is 3.31. The molecule has 3 N–H and O–H groups in total. The Hall–Kier alpha value is -0.190. The first-order valence-electron chi connectivity index (χ1n) is 5.28. The second-order valence-electron chi connectivity index (χ2n) is 4.82. The minimum absolute atomic E-state index is 0.115. The topological polar surface area (TPSA) is 49.5 Å². The normalized spacial score (nSPS) is 30.5. The Kier molecular flexibility index (Phi) is 2.77. The van der Waals surface area contributed by atoms with Crippen LogP contribution in [0.3, 0.4) is 0 Å². The molecule has 1 aliphatic carbocycles. The molecule has 1 atom stereocenters. The largest absolute Gasteiger partial charge is 0.393 e. The summed E-state index contributed by atoms with van der Waals surface area (Å²) in [5.74, 6) is 0. The molecule has 0 spiro atoms. The zero-order valence-corrected chi connectivity index (χ0v) is 9.22. The number of likely N-dealkylation sites (tertiary alicyclic amines) is 1. The van der Waals surface area contributed by atoms with E-state index in [0.29, 0.717) is 10.4 Å². The molecule has 0 aromatic carbocycles. The molecule has 80 valence electrons. The van der Waals surface area contributed by atoms with Crippen LogP contribution >= 0.6 is 12.2 Å². The van der Waals surface area contributed by atoms with Crippen LogP contribution in [0.25, 0.3) is 0 Å². The Balaban J connectivity index is 1.82. The number of β-amino-alcohol motifs (C(OH)–C–C–N with tert-alkyl or cyclic N) is 1. The maximum Gasteiger partial charge on any atom is 0.0733 e. The summed E-state index contributed by atoms with van der Waals surface area (Å²) >= 11 is 4.96. The molecule has 0 radical (unpaired) electrons. The van der Waals surface area contributed by atoms with Crippen LogP contribution < -0.4 is 5.73 Å². The van der Waals surface area contributed by atoms with Crippen molar-refractivity contribution in [1.82, 2.24) is 4.90 Å². The van der Waals surface area contributed by atoms with Gasteiger partial charge in [-0.05, 0) is 24.7 Å². The molecule has 1 heterocycles. The van der Waals surface area contributed by atoms with E-state index in [2.05, 4.69) is 4.90 Å². The number of nitrogens with zero attached hydrogens (tertiary/aromatic N) is 1. The van der Waals surface area contributed by atoms with Crippen molar-refractivity contribution in [2.45, 2.75) is 31.8 Å². The monoisotopic (exact) mass is 214 g/mol. The minimum Gasteiger partial charge on any atom is -0.393 e. The van der Waals surface area contributed by atoms with Crippen molar-refractivity contribution in [1.29, 1.82) is 0 Å². The van der Waals surface area contributed by atoms with Crippen LogP contribution in [0.5, 0.6) is 0 Å². The predicted molar refractivity (Wildman–Crippen MR) is 60.1 cm³/mol. The smallest absolute Gasteiger partial charge is 0.0733 e. The van der Waals surface area contributed by atoms with Gasteiger partial charge in [-0.1, -0.05) is 12.2 Å². The SMILES string of the molecule is NC(=S)CC1(CN2CCC(O)C2)CC1. The van der Waals surface area contributed by atoms with E-state index in [4.69, 9.17) is 18.0 Å². The second kappa shape index (κ2) is 3.76. The van der Waals surface area contributed by atoms with E-state index in [1.54, 1.807) is 0 Å². The van der Waals surface area contributed by atoms with Gasteiger partial charge >= 0.3 is 0 Å². The molecular weight excluding hydrogens is 196 g/mol. The lowest BCUT2D eigenvalue weighted by molar-refractivity contribution is 0.168. The van der Waals surface area contributed by atoms with Crippen molar-refractivity contribution in [2.24, 2.45) is 11.1 Å². The number of aliphatic hydroxyl groups excluding tert-OH is 1. The molecule has 4 heteroatoms. The van der Waals surface area contributed by atoms with Crippen LogP contribution in [0.4, 0.5) is 0 Å². The molecule has 1 saturated heterocycles. The van der Waals surface area contributed by atoms with Gasteiger partial charge in [-0.15, -0.1) is 0 Å². The van der Waals surface area contributed by atoms with Gasteiger partial charge in [0.2, 0.25) is 0 Å². The summed E-state index contributed by atoms with van der Waals surface area (Å²) in [7, 11) is 0. The molecular formula is C10H18N2OS. The van der Waals surface area contributed by atoms with Crippen molar-refractivity contribution >= 4 is 17.2 Å². The summed E-state index contributed by atoms with van der Waals surface area (Å²) < 4.78 is 0. The lowest BCUT2D eigenvalue weighted by Gasteiger charge is -2.22. The van der Waals surface area contributed by atoms with E-state index in [9.17, 15) is 5.11 Å². The first-order valence-corrected chi connectivity index (χ1v) is 5.69. The highest BCUT2D eigenvalue weighted by Crippen LogP contribution is 2.49. The average Bonchev–Trinajstić information content (AvgIpc) is 2.67. The zero-order valence-electron chi connectivity index (χ0n) is 8.41. The molecule has 14 heavy (non-hydrogen) atoms. The Morgan fingerprint density at radius 2 is 2.29 bits per heavy atom. The molecule has 0 bridgehead atoms. The van der Waals surface area contributed by atoms with Crippen LogP contribution in [0.1, 0.15) is 25.7 Å². The van der Waals surface area contributed by atoms with Crippen molar-refractivity contribution in [3.63, 3.8) is 0 Å². The molecule has 1 aliphatic heterocycles. The number of hydrogen-bond acceptors (Lipinski definition) is 3. The third kappa shape index (κ3) is 2.43. The van der Waals surface area contributed by atoms with Gasteiger partial charge in [0, 0.05) is 26.1 Å². The third-order valence-corrected chi connectivity index (χ3v) is 3.46. The first kappa shape index (κ1) is 10.3. The molecule has 0 aromatic rings. The average molecular weight is 214 g/mol. The number of nitrogens with two attached hydrogens (primary N) is 1. The molecule has 0 aromatic heterocycles. The zero-order chi connectivity index (χ0) is 10.2. The van der Waals surface area contributed by atoms with Crippen LogP contribution in [-0.4, -0.2) is 40.7 Å². The lowest BCUT2D eigenvalue weighted by atomic mass is 10.0. The van der Waals surface area contributed by atoms with Gasteiger partial charge in [-0.3, -0.25) is 0 Å². The molecule has 1 unspecified atom stereocenters. The van der Waals surface area contributed by atoms with Gasteiger partial charge < -0.3 is 15.7 Å². The quantitative estimate of drug-likeness (QED) is 0.670. The molecule has 2 fully saturated rings. The lowest BCUT2D eigenvalue weighted by Crippen LogP contribution is -2.31. The van der Waals surface area contributed by atoms with Crippen molar-refractivity contribution < 1.29 is 5.11 Å². The molecule has 2 rings (SSSR count). The summed E-state index contributed by atoms with van der Waals surface area (Å²) in [6, 6.07) is 0. The van der Waals surface area contributed by atoms with E-state index in [0.717, 1.165) is 32.5 Å². The number of rotatable bonds is 4. The summed E-state index contributed by atoms with van der Waals surface area (Å²) in [6.45, 7) is 2.93. The Labute approximate surface area is 90.3 Å². The summed E-state index contributed by atoms with van der Waals surface area (Å²) in [4.78, 5) is 2.98. The molecule has 2 aliphatic rings. The van der Waals surface area contributed by atoms with Crippen LogP contribution in [0.2, 0.25) is 0 Å². The fourth-order valence-electron chi connectivity index (χ4n) is 2.37.